The van der Waals surface area contributed by atoms with Crippen LogP contribution in [-0.2, 0) is 26.0 Å². The van der Waals surface area contributed by atoms with Crippen LogP contribution in [-0.4, -0.2) is 65.7 Å². The SMILES string of the molecule is CC(C)N1CC2N(C(=O)CCN2S(=O)(=O)c2ccc3ccccc3c2)C(Cc2ccc(Cl)cc2)C1=O. The Kier molecular flexibility index (Phi) is 6.53. The Balaban J connectivity index is 1.55. The number of amides is 2. The summed E-state index contributed by atoms with van der Waals surface area (Å²) < 4.78 is 29.2. The molecule has 0 saturated carbocycles. The van der Waals surface area contributed by atoms with E-state index in [1.807, 2.05) is 50.2 Å². The van der Waals surface area contributed by atoms with Gasteiger partial charge in [-0.15, -0.1) is 0 Å². The fourth-order valence-electron chi connectivity index (χ4n) is 5.16. The number of halogens is 1. The molecule has 2 unspecified atom stereocenters. The minimum absolute atomic E-state index is 0.0232. The molecule has 188 valence electrons. The highest BCUT2D eigenvalue weighted by atomic mass is 35.5. The minimum atomic E-state index is -3.93. The van der Waals surface area contributed by atoms with Crippen molar-refractivity contribution in [3.63, 3.8) is 0 Å². The van der Waals surface area contributed by atoms with Crippen molar-refractivity contribution in [3.05, 3.63) is 77.3 Å². The number of nitrogens with zero attached hydrogens (tertiary/aromatic N) is 3. The third-order valence-corrected chi connectivity index (χ3v) is 9.19. The van der Waals surface area contributed by atoms with E-state index in [1.54, 1.807) is 35.2 Å². The summed E-state index contributed by atoms with van der Waals surface area (Å²) in [6.07, 6.45) is -0.471. The zero-order valence-electron chi connectivity index (χ0n) is 20.2. The first kappa shape index (κ1) is 24.7. The first-order valence-electron chi connectivity index (χ1n) is 12.0. The molecule has 36 heavy (non-hydrogen) atoms. The molecule has 0 aliphatic carbocycles. The summed E-state index contributed by atoms with van der Waals surface area (Å²) in [6.45, 7) is 4.01. The van der Waals surface area contributed by atoms with Gasteiger partial charge in [-0.25, -0.2) is 8.42 Å². The van der Waals surface area contributed by atoms with E-state index >= 15 is 0 Å². The minimum Gasteiger partial charge on any atom is -0.335 e. The maximum Gasteiger partial charge on any atom is 0.246 e. The van der Waals surface area contributed by atoms with Crippen LogP contribution in [0.1, 0.15) is 25.8 Å². The Hall–Kier alpha value is -2.94. The highest BCUT2D eigenvalue weighted by Crippen LogP contribution is 2.33. The van der Waals surface area contributed by atoms with Gasteiger partial charge in [-0.2, -0.15) is 4.31 Å². The number of rotatable bonds is 5. The van der Waals surface area contributed by atoms with Crippen LogP contribution >= 0.6 is 11.6 Å². The van der Waals surface area contributed by atoms with Gasteiger partial charge in [0.05, 0.1) is 11.4 Å². The van der Waals surface area contributed by atoms with Gasteiger partial charge in [0, 0.05) is 30.5 Å². The molecular formula is C27H28ClN3O4S. The van der Waals surface area contributed by atoms with Gasteiger partial charge in [0.15, 0.2) is 0 Å². The lowest BCUT2D eigenvalue weighted by atomic mass is 9.97. The van der Waals surface area contributed by atoms with Crippen LogP contribution in [0.3, 0.4) is 0 Å². The normalized spacial score (nSPS) is 21.3. The number of carbonyl (C=O) groups excluding carboxylic acids is 2. The summed E-state index contributed by atoms with van der Waals surface area (Å²) >= 11 is 6.03. The zero-order chi connectivity index (χ0) is 25.6. The number of hydrogen-bond donors (Lipinski definition) is 0. The number of sulfonamides is 1. The molecule has 7 nitrogen and oxygen atoms in total. The second-order valence-corrected chi connectivity index (χ2v) is 11.9. The van der Waals surface area contributed by atoms with Gasteiger partial charge in [0.25, 0.3) is 0 Å². The average Bonchev–Trinajstić information content (AvgIpc) is 2.86. The lowest BCUT2D eigenvalue weighted by Crippen LogP contribution is -2.72. The molecule has 2 aliphatic rings. The van der Waals surface area contributed by atoms with Gasteiger partial charge >= 0.3 is 0 Å². The lowest BCUT2D eigenvalue weighted by molar-refractivity contribution is -0.166. The lowest BCUT2D eigenvalue weighted by Gasteiger charge is -2.52. The smallest absolute Gasteiger partial charge is 0.246 e. The molecular weight excluding hydrogens is 498 g/mol. The molecule has 3 aromatic rings. The number of fused-ring (bicyclic) bond motifs is 2. The molecule has 0 N–H and O–H groups in total. The maximum atomic E-state index is 13.9. The largest absolute Gasteiger partial charge is 0.335 e. The summed E-state index contributed by atoms with van der Waals surface area (Å²) in [5.74, 6) is -0.379. The van der Waals surface area contributed by atoms with Crippen molar-refractivity contribution >= 4 is 44.2 Å². The second kappa shape index (κ2) is 9.50. The molecule has 5 rings (SSSR count). The van der Waals surface area contributed by atoms with Crippen molar-refractivity contribution in [1.82, 2.24) is 14.1 Å². The molecule has 3 aromatic carbocycles. The molecule has 2 fully saturated rings. The predicted octanol–water partition coefficient (Wildman–Crippen LogP) is 3.90. The number of piperazine rings is 1. The number of carbonyl (C=O) groups is 2. The summed E-state index contributed by atoms with van der Waals surface area (Å²) in [7, 11) is -3.93. The fraction of sp³-hybridized carbons (Fsp3) is 0.333. The molecule has 0 spiro atoms. The summed E-state index contributed by atoms with van der Waals surface area (Å²) in [5.41, 5.74) is 0.851. The molecule has 2 atom stereocenters. The zero-order valence-corrected chi connectivity index (χ0v) is 21.7. The Labute approximate surface area is 216 Å². The quantitative estimate of drug-likeness (QED) is 0.506. The van der Waals surface area contributed by atoms with E-state index in [1.165, 1.54) is 9.21 Å². The molecule has 0 bridgehead atoms. The van der Waals surface area contributed by atoms with Crippen LogP contribution < -0.4 is 0 Å². The molecule has 2 amide bonds. The van der Waals surface area contributed by atoms with E-state index in [4.69, 9.17) is 11.6 Å². The van der Waals surface area contributed by atoms with E-state index in [0.29, 0.717) is 5.02 Å². The van der Waals surface area contributed by atoms with E-state index in [0.717, 1.165) is 16.3 Å². The van der Waals surface area contributed by atoms with E-state index in [2.05, 4.69) is 0 Å². The Morgan fingerprint density at radius 2 is 1.67 bits per heavy atom. The van der Waals surface area contributed by atoms with Crippen LogP contribution in [0.15, 0.2) is 71.6 Å². The Morgan fingerprint density at radius 3 is 2.36 bits per heavy atom. The van der Waals surface area contributed by atoms with Crippen LogP contribution in [0.25, 0.3) is 10.8 Å². The van der Waals surface area contributed by atoms with Crippen molar-refractivity contribution in [1.29, 1.82) is 0 Å². The van der Waals surface area contributed by atoms with E-state index < -0.39 is 22.2 Å². The summed E-state index contributed by atoms with van der Waals surface area (Å²) in [5, 5.41) is 2.35. The first-order valence-corrected chi connectivity index (χ1v) is 13.9. The Morgan fingerprint density at radius 1 is 0.972 bits per heavy atom. The van der Waals surface area contributed by atoms with Crippen LogP contribution in [0.5, 0.6) is 0 Å². The third-order valence-electron chi connectivity index (χ3n) is 7.04. The van der Waals surface area contributed by atoms with Gasteiger partial charge < -0.3 is 9.80 Å². The van der Waals surface area contributed by atoms with Crippen LogP contribution in [0, 0.1) is 0 Å². The average molecular weight is 526 g/mol. The van der Waals surface area contributed by atoms with Crippen molar-refractivity contribution in [2.75, 3.05) is 13.1 Å². The van der Waals surface area contributed by atoms with Gasteiger partial charge in [-0.05, 0) is 54.4 Å². The second-order valence-electron chi connectivity index (χ2n) is 9.59. The Bertz CT molecular complexity index is 1420. The van der Waals surface area contributed by atoms with Gasteiger partial charge in [-0.3, -0.25) is 9.59 Å². The monoisotopic (exact) mass is 525 g/mol. The van der Waals surface area contributed by atoms with Gasteiger partial charge in [-0.1, -0.05) is 54.1 Å². The molecule has 2 saturated heterocycles. The topological polar surface area (TPSA) is 78.0 Å². The number of benzene rings is 3. The number of hydrogen-bond acceptors (Lipinski definition) is 4. The standard InChI is InChI=1S/C27H28ClN3O4S/c1-18(2)29-17-25-30(36(34,35)23-12-9-20-5-3-4-6-21(20)16-23)14-13-26(32)31(25)24(27(29)33)15-19-7-10-22(28)11-8-19/h3-12,16,18,24-25H,13-15,17H2,1-2H3. The molecule has 2 heterocycles. The molecule has 0 aromatic heterocycles. The highest BCUT2D eigenvalue weighted by Gasteiger charge is 2.51. The summed E-state index contributed by atoms with van der Waals surface area (Å²) in [6, 6.07) is 18.9. The van der Waals surface area contributed by atoms with Crippen molar-refractivity contribution in [2.45, 2.75) is 49.8 Å². The molecule has 0 radical (unpaired) electrons. The first-order chi connectivity index (χ1) is 17.2. The third kappa shape index (κ3) is 4.38. The van der Waals surface area contributed by atoms with Gasteiger partial charge in [0.1, 0.15) is 12.2 Å². The van der Waals surface area contributed by atoms with E-state index in [-0.39, 0.29) is 48.7 Å². The van der Waals surface area contributed by atoms with Crippen molar-refractivity contribution in [3.8, 4) is 0 Å². The molecule has 2 aliphatic heterocycles. The maximum absolute atomic E-state index is 13.9. The highest BCUT2D eigenvalue weighted by molar-refractivity contribution is 7.89. The van der Waals surface area contributed by atoms with Crippen molar-refractivity contribution in [2.24, 2.45) is 0 Å². The van der Waals surface area contributed by atoms with Crippen LogP contribution in [0.2, 0.25) is 5.02 Å². The van der Waals surface area contributed by atoms with E-state index in [9.17, 15) is 18.0 Å². The van der Waals surface area contributed by atoms with Gasteiger partial charge in [0.2, 0.25) is 21.8 Å². The van der Waals surface area contributed by atoms with Crippen molar-refractivity contribution < 1.29 is 18.0 Å². The fourth-order valence-corrected chi connectivity index (χ4v) is 6.90. The predicted molar refractivity (Wildman–Crippen MR) is 139 cm³/mol. The summed E-state index contributed by atoms with van der Waals surface area (Å²) in [4.78, 5) is 30.1. The van der Waals surface area contributed by atoms with Crippen LogP contribution in [0.4, 0.5) is 0 Å². The molecule has 9 heteroatoms.